The highest BCUT2D eigenvalue weighted by Gasteiger charge is 2.20. The predicted octanol–water partition coefficient (Wildman–Crippen LogP) is 4.74. The van der Waals surface area contributed by atoms with Gasteiger partial charge in [-0.25, -0.2) is 9.97 Å². The molecule has 0 spiro atoms. The molecule has 0 radical (unpaired) electrons. The lowest BCUT2D eigenvalue weighted by molar-refractivity contribution is 0.570. The van der Waals surface area contributed by atoms with E-state index in [1.165, 1.54) is 19.3 Å². The Balaban J connectivity index is 1.67. The van der Waals surface area contributed by atoms with Crippen molar-refractivity contribution in [1.82, 2.24) is 20.2 Å². The number of rotatable bonds is 6. The molecule has 0 atom stereocenters. The Bertz CT molecular complexity index is 962. The molecule has 152 valence electrons. The van der Waals surface area contributed by atoms with Gasteiger partial charge in [0, 0.05) is 48.0 Å². The van der Waals surface area contributed by atoms with E-state index in [0.29, 0.717) is 0 Å². The second-order valence-corrected chi connectivity index (χ2v) is 8.33. The van der Waals surface area contributed by atoms with Crippen molar-refractivity contribution in [2.75, 3.05) is 35.7 Å². The average Bonchev–Trinajstić information content (AvgIpc) is 3.16. The molecule has 0 aliphatic carbocycles. The molecule has 0 bridgehead atoms. The monoisotopic (exact) mass is 409 g/mol. The predicted molar refractivity (Wildman–Crippen MR) is 120 cm³/mol. The number of hydrogen-bond donors (Lipinski definition) is 3. The average molecular weight is 410 g/mol. The Morgan fingerprint density at radius 1 is 1.03 bits per heavy atom. The highest BCUT2D eigenvalue weighted by molar-refractivity contribution is 7.99. The van der Waals surface area contributed by atoms with Crippen LogP contribution >= 0.6 is 11.8 Å². The van der Waals surface area contributed by atoms with Crippen molar-refractivity contribution in [2.24, 2.45) is 0 Å². The molecule has 2 aromatic heterocycles. The minimum atomic E-state index is 0.739. The topological polar surface area (TPSA) is 81.8 Å². The van der Waals surface area contributed by atoms with E-state index < -0.39 is 0 Å². The summed E-state index contributed by atoms with van der Waals surface area (Å²) in [7, 11) is 1.92. The largest absolute Gasteiger partial charge is 0.388 e. The molecule has 29 heavy (non-hydrogen) atoms. The fourth-order valence-corrected chi connectivity index (χ4v) is 4.22. The Morgan fingerprint density at radius 2 is 1.79 bits per heavy atom. The summed E-state index contributed by atoms with van der Waals surface area (Å²) >= 11 is 1.58. The number of aryl methyl sites for hydroxylation is 1. The maximum absolute atomic E-state index is 4.94. The minimum absolute atomic E-state index is 0.739. The first kappa shape index (κ1) is 19.6. The van der Waals surface area contributed by atoms with Crippen LogP contribution in [0.3, 0.4) is 0 Å². The van der Waals surface area contributed by atoms with Gasteiger partial charge in [0.25, 0.3) is 0 Å². The summed E-state index contributed by atoms with van der Waals surface area (Å²) < 4.78 is 0. The zero-order valence-corrected chi connectivity index (χ0v) is 17.9. The number of piperidine rings is 1. The summed E-state index contributed by atoms with van der Waals surface area (Å²) in [5, 5.41) is 14.5. The highest BCUT2D eigenvalue weighted by atomic mass is 32.2. The van der Waals surface area contributed by atoms with E-state index in [0.717, 1.165) is 57.5 Å². The van der Waals surface area contributed by atoms with E-state index in [1.807, 2.05) is 20.0 Å². The Hall–Kier alpha value is -2.74. The van der Waals surface area contributed by atoms with Crippen LogP contribution < -0.4 is 15.5 Å². The van der Waals surface area contributed by atoms with Crippen LogP contribution in [0.2, 0.25) is 0 Å². The van der Waals surface area contributed by atoms with Crippen LogP contribution in [0.4, 0.5) is 23.1 Å². The summed E-state index contributed by atoms with van der Waals surface area (Å²) in [5.41, 5.74) is 3.15. The van der Waals surface area contributed by atoms with Crippen LogP contribution in [0, 0.1) is 13.8 Å². The third kappa shape index (κ3) is 4.64. The molecule has 1 aliphatic rings. The van der Waals surface area contributed by atoms with Gasteiger partial charge in [-0.15, -0.1) is 0 Å². The number of nitrogens with one attached hydrogen (secondary N) is 3. The molecule has 3 heterocycles. The second kappa shape index (κ2) is 8.73. The molecule has 8 heteroatoms. The minimum Gasteiger partial charge on any atom is -0.388 e. The Kier molecular flexibility index (Phi) is 5.89. The molecule has 1 aliphatic heterocycles. The molecule has 3 aromatic rings. The van der Waals surface area contributed by atoms with E-state index in [1.54, 1.807) is 11.8 Å². The fourth-order valence-electron chi connectivity index (χ4n) is 3.46. The third-order valence-corrected chi connectivity index (χ3v) is 5.93. The quantitative estimate of drug-likeness (QED) is 0.507. The number of aromatic nitrogens is 4. The first-order chi connectivity index (χ1) is 14.1. The first-order valence-electron chi connectivity index (χ1n) is 10.0. The van der Waals surface area contributed by atoms with Crippen molar-refractivity contribution in [3.05, 3.63) is 41.6 Å². The summed E-state index contributed by atoms with van der Waals surface area (Å²) in [5.74, 6) is 2.59. The molecular formula is C21H27N7S. The van der Waals surface area contributed by atoms with E-state index in [-0.39, 0.29) is 0 Å². The SMILES string of the molecule is CNc1ccc(Sc2nc(Nc3cc(C)[nH]n3)c(C)c(N3CCCCC3)n2)cc1. The molecule has 0 saturated carbocycles. The van der Waals surface area contributed by atoms with Crippen LogP contribution in [0.15, 0.2) is 40.4 Å². The zero-order chi connectivity index (χ0) is 20.2. The summed E-state index contributed by atoms with van der Waals surface area (Å²) in [6.45, 7) is 6.15. The van der Waals surface area contributed by atoms with Crippen LogP contribution in [0.1, 0.15) is 30.5 Å². The molecule has 3 N–H and O–H groups in total. The van der Waals surface area contributed by atoms with Crippen LogP contribution in [-0.2, 0) is 0 Å². The van der Waals surface area contributed by atoms with Gasteiger partial charge in [0.2, 0.25) is 0 Å². The molecule has 1 saturated heterocycles. The van der Waals surface area contributed by atoms with Crippen molar-refractivity contribution >= 4 is 34.9 Å². The van der Waals surface area contributed by atoms with Crippen molar-refractivity contribution in [3.8, 4) is 0 Å². The fraction of sp³-hybridized carbons (Fsp3) is 0.381. The Labute approximate surface area is 175 Å². The van der Waals surface area contributed by atoms with Crippen molar-refractivity contribution in [2.45, 2.75) is 43.2 Å². The van der Waals surface area contributed by atoms with Gasteiger partial charge in [-0.1, -0.05) is 0 Å². The van der Waals surface area contributed by atoms with Gasteiger partial charge in [-0.2, -0.15) is 5.10 Å². The molecule has 0 amide bonds. The standard InChI is InChI=1S/C21H27N7S/c1-14-13-18(27-26-14)23-19-15(2)20(28-11-5-4-6-12-28)25-21(24-19)29-17-9-7-16(22-3)8-10-17/h7-10,13,22H,4-6,11-12H2,1-3H3,(H2,23,24,25,26,27). The van der Waals surface area contributed by atoms with Crippen LogP contribution in [0.25, 0.3) is 0 Å². The third-order valence-electron chi connectivity index (χ3n) is 5.06. The molecule has 1 fully saturated rings. The van der Waals surface area contributed by atoms with E-state index in [2.05, 4.69) is 56.9 Å². The van der Waals surface area contributed by atoms with Gasteiger partial charge in [-0.05, 0) is 69.1 Å². The van der Waals surface area contributed by atoms with Gasteiger partial charge in [-0.3, -0.25) is 5.10 Å². The van der Waals surface area contributed by atoms with Crippen molar-refractivity contribution in [3.63, 3.8) is 0 Å². The zero-order valence-electron chi connectivity index (χ0n) is 17.1. The number of benzene rings is 1. The molecule has 7 nitrogen and oxygen atoms in total. The number of H-pyrrole nitrogens is 1. The lowest BCUT2D eigenvalue weighted by atomic mass is 10.1. The number of hydrogen-bond acceptors (Lipinski definition) is 7. The van der Waals surface area contributed by atoms with Crippen molar-refractivity contribution < 1.29 is 0 Å². The Morgan fingerprint density at radius 3 is 2.45 bits per heavy atom. The summed E-state index contributed by atoms with van der Waals surface area (Å²) in [6, 6.07) is 10.3. The van der Waals surface area contributed by atoms with Gasteiger partial charge in [0.1, 0.15) is 11.6 Å². The second-order valence-electron chi connectivity index (χ2n) is 7.29. The molecular weight excluding hydrogens is 382 g/mol. The van der Waals surface area contributed by atoms with Gasteiger partial charge < -0.3 is 15.5 Å². The lowest BCUT2D eigenvalue weighted by Crippen LogP contribution is -2.31. The molecule has 1 aromatic carbocycles. The molecule has 4 rings (SSSR count). The molecule has 0 unspecified atom stereocenters. The number of nitrogens with zero attached hydrogens (tertiary/aromatic N) is 4. The maximum Gasteiger partial charge on any atom is 0.196 e. The van der Waals surface area contributed by atoms with Crippen LogP contribution in [-0.4, -0.2) is 40.3 Å². The number of anilines is 4. The van der Waals surface area contributed by atoms with E-state index in [9.17, 15) is 0 Å². The summed E-state index contributed by atoms with van der Waals surface area (Å²) in [6.07, 6.45) is 3.70. The normalized spacial score (nSPS) is 14.1. The van der Waals surface area contributed by atoms with E-state index in [4.69, 9.17) is 9.97 Å². The smallest absolute Gasteiger partial charge is 0.196 e. The van der Waals surface area contributed by atoms with Gasteiger partial charge in [0.15, 0.2) is 11.0 Å². The van der Waals surface area contributed by atoms with E-state index >= 15 is 0 Å². The highest BCUT2D eigenvalue weighted by Crippen LogP contribution is 2.33. The van der Waals surface area contributed by atoms with Gasteiger partial charge in [0.05, 0.1) is 0 Å². The number of aromatic amines is 1. The lowest BCUT2D eigenvalue weighted by Gasteiger charge is -2.29. The van der Waals surface area contributed by atoms with Crippen LogP contribution in [0.5, 0.6) is 0 Å². The first-order valence-corrected chi connectivity index (χ1v) is 10.8. The van der Waals surface area contributed by atoms with Crippen molar-refractivity contribution in [1.29, 1.82) is 0 Å². The maximum atomic E-state index is 4.94. The summed E-state index contributed by atoms with van der Waals surface area (Å²) in [4.78, 5) is 13.2. The van der Waals surface area contributed by atoms with Gasteiger partial charge >= 0.3 is 0 Å².